The van der Waals surface area contributed by atoms with E-state index < -0.39 is 0 Å². The molecule has 1 aromatic rings. The summed E-state index contributed by atoms with van der Waals surface area (Å²) in [5.41, 5.74) is 1.43. The number of nitrogens with zero attached hydrogens (tertiary/aromatic N) is 1. The standard InChI is InChI=1S/C18H30N2/c1-15(2)12-16(3)19-18-10-7-11-20(14-18)13-17-8-5-4-6-9-17/h4-6,8-9,15-16,18-19H,7,10-14H2,1-3H3. The highest BCUT2D eigenvalue weighted by atomic mass is 15.2. The summed E-state index contributed by atoms with van der Waals surface area (Å²) >= 11 is 0. The van der Waals surface area contributed by atoms with Crippen molar-refractivity contribution in [1.82, 2.24) is 10.2 Å². The van der Waals surface area contributed by atoms with Gasteiger partial charge in [-0.15, -0.1) is 0 Å². The highest BCUT2D eigenvalue weighted by Gasteiger charge is 2.21. The summed E-state index contributed by atoms with van der Waals surface area (Å²) < 4.78 is 0. The predicted octanol–water partition coefficient (Wildman–Crippen LogP) is 3.68. The van der Waals surface area contributed by atoms with Gasteiger partial charge in [-0.2, -0.15) is 0 Å². The minimum Gasteiger partial charge on any atom is -0.310 e. The van der Waals surface area contributed by atoms with Gasteiger partial charge < -0.3 is 5.32 Å². The Bertz CT molecular complexity index is 374. The van der Waals surface area contributed by atoms with E-state index in [1.54, 1.807) is 0 Å². The average Bonchev–Trinajstić information content (AvgIpc) is 2.39. The number of piperidine rings is 1. The normalized spacial score (nSPS) is 22.1. The molecular weight excluding hydrogens is 244 g/mol. The van der Waals surface area contributed by atoms with Crippen LogP contribution in [-0.4, -0.2) is 30.1 Å². The van der Waals surface area contributed by atoms with E-state index in [0.717, 1.165) is 12.5 Å². The molecule has 0 saturated carbocycles. The maximum Gasteiger partial charge on any atom is 0.0234 e. The molecule has 2 atom stereocenters. The van der Waals surface area contributed by atoms with Gasteiger partial charge in [0.15, 0.2) is 0 Å². The van der Waals surface area contributed by atoms with Crippen LogP contribution in [0.5, 0.6) is 0 Å². The summed E-state index contributed by atoms with van der Waals surface area (Å²) in [5.74, 6) is 0.779. The summed E-state index contributed by atoms with van der Waals surface area (Å²) in [6.45, 7) is 10.5. The van der Waals surface area contributed by atoms with Crippen molar-refractivity contribution in [2.45, 2.75) is 58.7 Å². The molecule has 1 aliphatic rings. The Balaban J connectivity index is 1.79. The molecule has 2 heteroatoms. The van der Waals surface area contributed by atoms with Crippen LogP contribution in [0, 0.1) is 5.92 Å². The topological polar surface area (TPSA) is 15.3 Å². The smallest absolute Gasteiger partial charge is 0.0234 e. The first-order chi connectivity index (χ1) is 9.63. The molecule has 1 aromatic carbocycles. The van der Waals surface area contributed by atoms with Crippen LogP contribution in [0.3, 0.4) is 0 Å². The first-order valence-electron chi connectivity index (χ1n) is 8.16. The van der Waals surface area contributed by atoms with E-state index in [1.807, 2.05) is 0 Å². The number of likely N-dealkylation sites (tertiary alicyclic amines) is 1. The van der Waals surface area contributed by atoms with Gasteiger partial charge in [0, 0.05) is 25.2 Å². The van der Waals surface area contributed by atoms with Crippen molar-refractivity contribution in [3.63, 3.8) is 0 Å². The molecule has 0 aliphatic carbocycles. The van der Waals surface area contributed by atoms with Gasteiger partial charge in [-0.25, -0.2) is 0 Å². The molecule has 20 heavy (non-hydrogen) atoms. The highest BCUT2D eigenvalue weighted by Crippen LogP contribution is 2.15. The summed E-state index contributed by atoms with van der Waals surface area (Å²) in [4.78, 5) is 2.60. The van der Waals surface area contributed by atoms with Gasteiger partial charge in [0.05, 0.1) is 0 Å². The lowest BCUT2D eigenvalue weighted by molar-refractivity contribution is 0.174. The molecule has 2 unspecified atom stereocenters. The zero-order valence-corrected chi connectivity index (χ0v) is 13.3. The Hall–Kier alpha value is -0.860. The summed E-state index contributed by atoms with van der Waals surface area (Å²) in [6.07, 6.45) is 3.92. The van der Waals surface area contributed by atoms with Crippen LogP contribution < -0.4 is 5.32 Å². The Labute approximate surface area is 124 Å². The Kier molecular flexibility index (Phi) is 6.06. The fourth-order valence-corrected chi connectivity index (χ4v) is 3.35. The van der Waals surface area contributed by atoms with Crippen molar-refractivity contribution >= 4 is 0 Å². The Morgan fingerprint density at radius 2 is 1.95 bits per heavy atom. The lowest BCUT2D eigenvalue weighted by Gasteiger charge is -2.35. The van der Waals surface area contributed by atoms with Crippen LogP contribution in [0.1, 0.15) is 45.6 Å². The van der Waals surface area contributed by atoms with Crippen molar-refractivity contribution in [2.75, 3.05) is 13.1 Å². The SMILES string of the molecule is CC(C)CC(C)NC1CCCN(Cc2ccccc2)C1. The molecule has 1 heterocycles. The van der Waals surface area contributed by atoms with Crippen molar-refractivity contribution in [2.24, 2.45) is 5.92 Å². The van der Waals surface area contributed by atoms with Crippen LogP contribution in [0.25, 0.3) is 0 Å². The molecule has 0 radical (unpaired) electrons. The van der Waals surface area contributed by atoms with Gasteiger partial charge in [0.2, 0.25) is 0 Å². The Morgan fingerprint density at radius 1 is 1.20 bits per heavy atom. The van der Waals surface area contributed by atoms with Crippen LogP contribution in [0.15, 0.2) is 30.3 Å². The average molecular weight is 274 g/mol. The van der Waals surface area contributed by atoms with Gasteiger partial charge in [-0.3, -0.25) is 4.90 Å². The van der Waals surface area contributed by atoms with E-state index in [-0.39, 0.29) is 0 Å². The second-order valence-corrected chi connectivity index (χ2v) is 6.76. The number of nitrogens with one attached hydrogen (secondary N) is 1. The molecule has 1 saturated heterocycles. The molecule has 1 fully saturated rings. The lowest BCUT2D eigenvalue weighted by atomic mass is 10.0. The molecule has 0 spiro atoms. The minimum absolute atomic E-state index is 0.636. The quantitative estimate of drug-likeness (QED) is 0.851. The van der Waals surface area contributed by atoms with Crippen molar-refractivity contribution < 1.29 is 0 Å². The first-order valence-corrected chi connectivity index (χ1v) is 8.16. The van der Waals surface area contributed by atoms with Crippen molar-refractivity contribution in [3.8, 4) is 0 Å². The van der Waals surface area contributed by atoms with E-state index in [1.165, 1.54) is 37.9 Å². The van der Waals surface area contributed by atoms with Crippen LogP contribution in [-0.2, 0) is 6.54 Å². The molecule has 0 amide bonds. The Morgan fingerprint density at radius 3 is 2.65 bits per heavy atom. The van der Waals surface area contributed by atoms with E-state index >= 15 is 0 Å². The van der Waals surface area contributed by atoms with Crippen LogP contribution in [0.4, 0.5) is 0 Å². The maximum absolute atomic E-state index is 3.82. The summed E-state index contributed by atoms with van der Waals surface area (Å²) in [7, 11) is 0. The molecule has 1 aliphatic heterocycles. The fourth-order valence-electron chi connectivity index (χ4n) is 3.35. The first kappa shape index (κ1) is 15.5. The largest absolute Gasteiger partial charge is 0.310 e. The molecule has 0 aromatic heterocycles. The van der Waals surface area contributed by atoms with Gasteiger partial charge >= 0.3 is 0 Å². The van der Waals surface area contributed by atoms with Gasteiger partial charge in [-0.1, -0.05) is 44.2 Å². The van der Waals surface area contributed by atoms with Gasteiger partial charge in [0.1, 0.15) is 0 Å². The van der Waals surface area contributed by atoms with E-state index in [4.69, 9.17) is 0 Å². The second-order valence-electron chi connectivity index (χ2n) is 6.76. The number of rotatable bonds is 6. The summed E-state index contributed by atoms with van der Waals surface area (Å²) in [5, 5.41) is 3.82. The third-order valence-electron chi connectivity index (χ3n) is 4.10. The van der Waals surface area contributed by atoms with Gasteiger partial charge in [0.25, 0.3) is 0 Å². The molecule has 2 rings (SSSR count). The molecule has 1 N–H and O–H groups in total. The van der Waals surface area contributed by atoms with Gasteiger partial charge in [-0.05, 0) is 44.2 Å². The monoisotopic (exact) mass is 274 g/mol. The molecule has 0 bridgehead atoms. The van der Waals surface area contributed by atoms with Crippen molar-refractivity contribution in [3.05, 3.63) is 35.9 Å². The molecule has 2 nitrogen and oxygen atoms in total. The lowest BCUT2D eigenvalue weighted by Crippen LogP contribution is -2.48. The zero-order chi connectivity index (χ0) is 14.4. The number of hydrogen-bond acceptors (Lipinski definition) is 2. The number of hydrogen-bond donors (Lipinski definition) is 1. The van der Waals surface area contributed by atoms with E-state index in [0.29, 0.717) is 12.1 Å². The van der Waals surface area contributed by atoms with Crippen LogP contribution in [0.2, 0.25) is 0 Å². The predicted molar refractivity (Wildman–Crippen MR) is 86.8 cm³/mol. The summed E-state index contributed by atoms with van der Waals surface area (Å²) in [6, 6.07) is 12.1. The van der Waals surface area contributed by atoms with Crippen molar-refractivity contribution in [1.29, 1.82) is 0 Å². The third kappa shape index (κ3) is 5.26. The molecular formula is C18H30N2. The maximum atomic E-state index is 3.82. The van der Waals surface area contributed by atoms with E-state index in [9.17, 15) is 0 Å². The second kappa shape index (κ2) is 7.80. The minimum atomic E-state index is 0.636. The zero-order valence-electron chi connectivity index (χ0n) is 13.3. The van der Waals surface area contributed by atoms with Crippen LogP contribution >= 0.6 is 0 Å². The fraction of sp³-hybridized carbons (Fsp3) is 0.667. The highest BCUT2D eigenvalue weighted by molar-refractivity contribution is 5.14. The van der Waals surface area contributed by atoms with E-state index in [2.05, 4.69) is 61.3 Å². The molecule has 112 valence electrons. The number of benzene rings is 1. The third-order valence-corrected chi connectivity index (χ3v) is 4.10.